The molecule has 5 nitrogen and oxygen atoms in total. The predicted molar refractivity (Wildman–Crippen MR) is 102 cm³/mol. The number of aryl methyl sites for hydroxylation is 1. The largest absolute Gasteiger partial charge is 0.396 e. The third-order valence-electron chi connectivity index (χ3n) is 5.25. The summed E-state index contributed by atoms with van der Waals surface area (Å²) in [5.74, 6) is 0.762. The summed E-state index contributed by atoms with van der Waals surface area (Å²) >= 11 is 0. The quantitative estimate of drug-likeness (QED) is 0.835. The van der Waals surface area contributed by atoms with E-state index in [0.717, 1.165) is 38.3 Å². The molecule has 3 rings (SSSR count). The minimum absolute atomic E-state index is 0.237. The van der Waals surface area contributed by atoms with Crippen LogP contribution in [0.1, 0.15) is 5.56 Å². The Labute approximate surface area is 150 Å². The summed E-state index contributed by atoms with van der Waals surface area (Å²) in [6.07, 6.45) is 1.89. The molecule has 1 fully saturated rings. The highest BCUT2D eigenvalue weighted by molar-refractivity contribution is 5.92. The molecule has 0 saturated carbocycles. The number of pyridine rings is 1. The number of nitrogens with zero attached hydrogens (tertiary/aromatic N) is 3. The van der Waals surface area contributed by atoms with E-state index in [9.17, 15) is 5.11 Å². The molecule has 1 N–H and O–H groups in total. The molecule has 1 aliphatic heterocycles. The Morgan fingerprint density at radius 2 is 2.08 bits per heavy atom. The van der Waals surface area contributed by atoms with Gasteiger partial charge in [-0.05, 0) is 38.1 Å². The van der Waals surface area contributed by atoms with Crippen molar-refractivity contribution in [1.29, 1.82) is 0 Å². The number of hydrogen-bond donors (Lipinski definition) is 1. The summed E-state index contributed by atoms with van der Waals surface area (Å²) in [7, 11) is 3.86. The number of aromatic nitrogens is 1. The zero-order chi connectivity index (χ0) is 17.8. The van der Waals surface area contributed by atoms with Crippen LogP contribution in [-0.2, 0) is 4.74 Å². The molecular formula is C20H29N3O2. The topological polar surface area (TPSA) is 48.8 Å². The average molecular weight is 343 g/mol. The molecule has 1 saturated heterocycles. The fourth-order valence-corrected chi connectivity index (χ4v) is 3.81. The van der Waals surface area contributed by atoms with Gasteiger partial charge in [0.2, 0.25) is 0 Å². The number of anilines is 1. The molecular weight excluding hydrogens is 314 g/mol. The Bertz CT molecular complexity index is 706. The number of aliphatic hydroxyl groups is 1. The van der Waals surface area contributed by atoms with Crippen molar-refractivity contribution in [3.63, 3.8) is 0 Å². The lowest BCUT2D eigenvalue weighted by atomic mass is 9.96. The fraction of sp³-hybridized carbons (Fsp3) is 0.550. The van der Waals surface area contributed by atoms with E-state index in [2.05, 4.69) is 53.0 Å². The van der Waals surface area contributed by atoms with Gasteiger partial charge in [0.05, 0.1) is 12.1 Å². The van der Waals surface area contributed by atoms with Crippen molar-refractivity contribution in [2.24, 2.45) is 11.8 Å². The molecule has 5 heteroatoms. The van der Waals surface area contributed by atoms with Crippen molar-refractivity contribution in [2.75, 3.05) is 58.5 Å². The van der Waals surface area contributed by atoms with Gasteiger partial charge in [0.15, 0.2) is 0 Å². The van der Waals surface area contributed by atoms with Crippen LogP contribution in [0.15, 0.2) is 30.5 Å². The smallest absolute Gasteiger partial charge is 0.0722 e. The van der Waals surface area contributed by atoms with E-state index in [-0.39, 0.29) is 6.61 Å². The molecule has 2 heterocycles. The van der Waals surface area contributed by atoms with E-state index >= 15 is 0 Å². The predicted octanol–water partition coefficient (Wildman–Crippen LogP) is 2.17. The van der Waals surface area contributed by atoms with E-state index in [4.69, 9.17) is 4.74 Å². The van der Waals surface area contributed by atoms with Gasteiger partial charge in [-0.25, -0.2) is 0 Å². The van der Waals surface area contributed by atoms with Crippen LogP contribution in [0.5, 0.6) is 0 Å². The summed E-state index contributed by atoms with van der Waals surface area (Å²) < 4.78 is 5.17. The molecule has 136 valence electrons. The van der Waals surface area contributed by atoms with Gasteiger partial charge in [-0.3, -0.25) is 4.98 Å². The van der Waals surface area contributed by atoms with Crippen molar-refractivity contribution in [2.45, 2.75) is 6.92 Å². The van der Waals surface area contributed by atoms with Crippen LogP contribution in [-0.4, -0.2) is 68.5 Å². The normalized spacial score (nSPS) is 20.8. The highest BCUT2D eigenvalue weighted by Gasteiger charge is 2.33. The number of rotatable bonds is 7. The van der Waals surface area contributed by atoms with Gasteiger partial charge in [-0.2, -0.15) is 0 Å². The second kappa shape index (κ2) is 8.13. The molecule has 0 aliphatic carbocycles. The molecule has 1 aromatic carbocycles. The molecule has 0 amide bonds. The minimum Gasteiger partial charge on any atom is -0.396 e. The summed E-state index contributed by atoms with van der Waals surface area (Å²) in [5.41, 5.74) is 3.51. The monoisotopic (exact) mass is 343 g/mol. The number of ether oxygens (including phenoxy) is 1. The van der Waals surface area contributed by atoms with Gasteiger partial charge >= 0.3 is 0 Å². The van der Waals surface area contributed by atoms with Crippen molar-refractivity contribution < 1.29 is 9.84 Å². The molecule has 1 aliphatic rings. The maximum absolute atomic E-state index is 9.87. The van der Waals surface area contributed by atoms with Gasteiger partial charge < -0.3 is 19.6 Å². The highest BCUT2D eigenvalue weighted by atomic mass is 16.5. The lowest BCUT2D eigenvalue weighted by Gasteiger charge is -2.24. The van der Waals surface area contributed by atoms with Crippen LogP contribution in [0.2, 0.25) is 0 Å². The maximum Gasteiger partial charge on any atom is 0.0722 e. The first-order valence-electron chi connectivity index (χ1n) is 9.01. The molecule has 1 aromatic heterocycles. The third kappa shape index (κ3) is 4.11. The number of methoxy groups -OCH3 is 1. The second-order valence-electron chi connectivity index (χ2n) is 7.21. The molecule has 0 bridgehead atoms. The Morgan fingerprint density at radius 1 is 1.28 bits per heavy atom. The zero-order valence-electron chi connectivity index (χ0n) is 15.5. The van der Waals surface area contributed by atoms with Crippen molar-refractivity contribution in [3.8, 4) is 0 Å². The van der Waals surface area contributed by atoms with Crippen LogP contribution < -0.4 is 4.90 Å². The van der Waals surface area contributed by atoms with E-state index in [0.29, 0.717) is 11.8 Å². The van der Waals surface area contributed by atoms with Gasteiger partial charge in [0.1, 0.15) is 0 Å². The van der Waals surface area contributed by atoms with Crippen LogP contribution in [0.4, 0.5) is 5.69 Å². The average Bonchev–Trinajstić information content (AvgIpc) is 3.01. The fourth-order valence-electron chi connectivity index (χ4n) is 3.81. The van der Waals surface area contributed by atoms with Crippen molar-refractivity contribution in [1.82, 2.24) is 9.88 Å². The van der Waals surface area contributed by atoms with Gasteiger partial charge in [0.25, 0.3) is 0 Å². The Balaban J connectivity index is 1.79. The number of likely N-dealkylation sites (N-methyl/N-ethyl adjacent to an activating group) is 1. The standard InChI is InChI=1S/C20H29N3O2/c1-15-4-5-19-18(10-15)20(6-7-21-19)23-12-16(17(13-23)14-24)11-22(2)8-9-25-3/h4-7,10,16-17,24H,8-9,11-14H2,1-3H3/t16-,17-/m1/s1. The molecule has 25 heavy (non-hydrogen) atoms. The van der Waals surface area contributed by atoms with Crippen molar-refractivity contribution >= 4 is 16.6 Å². The molecule has 2 aromatic rings. The Morgan fingerprint density at radius 3 is 2.84 bits per heavy atom. The Kier molecular flexibility index (Phi) is 5.89. The number of benzene rings is 1. The zero-order valence-corrected chi connectivity index (χ0v) is 15.5. The van der Waals surface area contributed by atoms with Gasteiger partial charge in [-0.1, -0.05) is 11.6 Å². The van der Waals surface area contributed by atoms with E-state index in [1.54, 1.807) is 7.11 Å². The first-order chi connectivity index (χ1) is 12.1. The molecule has 2 atom stereocenters. The van der Waals surface area contributed by atoms with Crippen LogP contribution >= 0.6 is 0 Å². The van der Waals surface area contributed by atoms with Gasteiger partial charge in [0, 0.05) is 63.1 Å². The van der Waals surface area contributed by atoms with Crippen LogP contribution in [0.3, 0.4) is 0 Å². The van der Waals surface area contributed by atoms with E-state index < -0.39 is 0 Å². The first kappa shape index (κ1) is 18.1. The summed E-state index contributed by atoms with van der Waals surface area (Å²) in [6.45, 7) is 6.86. The highest BCUT2D eigenvalue weighted by Crippen LogP contribution is 2.33. The first-order valence-corrected chi connectivity index (χ1v) is 9.01. The molecule has 0 radical (unpaired) electrons. The number of hydrogen-bond acceptors (Lipinski definition) is 5. The lowest BCUT2D eigenvalue weighted by Crippen LogP contribution is -2.33. The summed E-state index contributed by atoms with van der Waals surface area (Å²) in [5, 5.41) is 11.1. The second-order valence-corrected chi connectivity index (χ2v) is 7.21. The Hall–Kier alpha value is -1.69. The van der Waals surface area contributed by atoms with E-state index in [1.165, 1.54) is 16.6 Å². The molecule has 0 spiro atoms. The molecule has 0 unspecified atom stereocenters. The van der Waals surface area contributed by atoms with E-state index in [1.807, 2.05) is 6.20 Å². The SMILES string of the molecule is COCCN(C)C[C@@H]1CN(c2ccnc3ccc(C)cc23)C[C@@H]1CO. The maximum atomic E-state index is 9.87. The van der Waals surface area contributed by atoms with Gasteiger partial charge in [-0.15, -0.1) is 0 Å². The lowest BCUT2D eigenvalue weighted by molar-refractivity contribution is 0.136. The summed E-state index contributed by atoms with van der Waals surface area (Å²) in [6, 6.07) is 8.51. The number of aliphatic hydroxyl groups excluding tert-OH is 1. The third-order valence-corrected chi connectivity index (χ3v) is 5.25. The van der Waals surface area contributed by atoms with Crippen molar-refractivity contribution in [3.05, 3.63) is 36.0 Å². The van der Waals surface area contributed by atoms with Crippen LogP contribution in [0.25, 0.3) is 10.9 Å². The number of fused-ring (bicyclic) bond motifs is 1. The summed E-state index contributed by atoms with van der Waals surface area (Å²) in [4.78, 5) is 9.21. The van der Waals surface area contributed by atoms with Crippen LogP contribution in [0, 0.1) is 18.8 Å². The minimum atomic E-state index is 0.237.